The van der Waals surface area contributed by atoms with Crippen LogP contribution in [0.25, 0.3) is 5.65 Å². The summed E-state index contributed by atoms with van der Waals surface area (Å²) < 4.78 is 1.84. The summed E-state index contributed by atoms with van der Waals surface area (Å²) in [6.45, 7) is 22.2. The average Bonchev–Trinajstić information content (AvgIpc) is 3.10. The van der Waals surface area contributed by atoms with Crippen LogP contribution in [0, 0.1) is 12.5 Å². The van der Waals surface area contributed by atoms with E-state index < -0.39 is 0 Å². The van der Waals surface area contributed by atoms with Gasteiger partial charge in [0.2, 0.25) is 0 Å². The van der Waals surface area contributed by atoms with Gasteiger partial charge < -0.3 is 15.9 Å². The minimum absolute atomic E-state index is 0. The third-order valence-electron chi connectivity index (χ3n) is 5.34. The minimum atomic E-state index is -0.0567. The van der Waals surface area contributed by atoms with Crippen LogP contribution >= 0.6 is 0 Å². The van der Waals surface area contributed by atoms with Gasteiger partial charge in [0, 0.05) is 49.4 Å². The first-order valence-corrected chi connectivity index (χ1v) is 9.93. The molecule has 6 heteroatoms. The van der Waals surface area contributed by atoms with E-state index in [0.29, 0.717) is 6.04 Å². The van der Waals surface area contributed by atoms with Gasteiger partial charge in [0.05, 0.1) is 6.20 Å². The van der Waals surface area contributed by atoms with Gasteiger partial charge in [-0.3, -0.25) is 15.9 Å². The quantitative estimate of drug-likeness (QED) is 0.635. The van der Waals surface area contributed by atoms with Gasteiger partial charge in [-0.15, -0.1) is 12.7 Å². The van der Waals surface area contributed by atoms with E-state index in [4.69, 9.17) is 4.98 Å². The molecule has 0 N–H and O–H groups in total. The van der Waals surface area contributed by atoms with E-state index in [9.17, 15) is 0 Å². The summed E-state index contributed by atoms with van der Waals surface area (Å²) >= 11 is 0. The second-order valence-electron chi connectivity index (χ2n) is 10.7. The first-order valence-electron chi connectivity index (χ1n) is 9.93. The normalized spacial score (nSPS) is 19.1. The number of aromatic nitrogens is 3. The third kappa shape index (κ3) is 4.79. The Bertz CT molecular complexity index is 807. The molecule has 0 aliphatic carbocycles. The van der Waals surface area contributed by atoms with Crippen molar-refractivity contribution >= 4 is 11.5 Å². The zero-order valence-corrected chi connectivity index (χ0v) is 21.9. The van der Waals surface area contributed by atoms with Crippen LogP contribution in [-0.2, 0) is 38.1 Å². The van der Waals surface area contributed by atoms with Crippen LogP contribution in [0.3, 0.4) is 0 Å². The molecule has 0 bridgehead atoms. The molecule has 1 fully saturated rings. The van der Waals surface area contributed by atoms with Crippen LogP contribution in [-0.4, -0.2) is 49.7 Å². The Morgan fingerprint density at radius 1 is 1.11 bits per heavy atom. The van der Waals surface area contributed by atoms with Gasteiger partial charge in [0.15, 0.2) is 5.65 Å². The van der Waals surface area contributed by atoms with Crippen molar-refractivity contribution in [3.63, 3.8) is 0 Å². The number of anilines is 1. The minimum Gasteiger partial charge on any atom is -0.408 e. The molecular weight excluding hydrogens is 423 g/mol. The summed E-state index contributed by atoms with van der Waals surface area (Å²) in [5.41, 5.74) is 2.21. The number of hydrogen-bond acceptors (Lipinski definition) is 4. The van der Waals surface area contributed by atoms with Crippen LogP contribution in [0.5, 0.6) is 0 Å². The zero-order chi connectivity index (χ0) is 20.2. The molecule has 2 aromatic rings. The monoisotopic (exact) mass is 458 g/mol. The Labute approximate surface area is 196 Å². The molecule has 1 aliphatic rings. The molecule has 0 aromatic carbocycles. The first-order chi connectivity index (χ1) is 12.3. The number of fused-ring (bicyclic) bond motifs is 1. The second-order valence-corrected chi connectivity index (χ2v) is 10.7. The van der Waals surface area contributed by atoms with E-state index in [1.807, 2.05) is 16.9 Å². The fourth-order valence-corrected chi connectivity index (χ4v) is 3.80. The van der Waals surface area contributed by atoms with Crippen molar-refractivity contribution in [3.8, 4) is 0 Å². The maximum absolute atomic E-state index is 5.03. The summed E-state index contributed by atoms with van der Waals surface area (Å²) in [6, 6.07) is 3.71. The van der Waals surface area contributed by atoms with Crippen molar-refractivity contribution in [1.29, 1.82) is 0 Å². The largest absolute Gasteiger partial charge is 0.408 e. The average molecular weight is 458 g/mol. The molecule has 3 heterocycles. The summed E-state index contributed by atoms with van der Waals surface area (Å²) in [7, 11) is 0. The fourth-order valence-electron chi connectivity index (χ4n) is 3.80. The van der Waals surface area contributed by atoms with Crippen LogP contribution in [0.2, 0.25) is 0 Å². The number of hydrogen-bond donors (Lipinski definition) is 0. The summed E-state index contributed by atoms with van der Waals surface area (Å²) in [4.78, 5) is 9.97. The number of nitrogens with zero attached hydrogens (tertiary/aromatic N) is 5. The fraction of sp³-hybridized carbons (Fsp3) is 0.682. The van der Waals surface area contributed by atoms with Crippen molar-refractivity contribution in [3.05, 3.63) is 30.4 Å². The Morgan fingerprint density at radius 2 is 1.75 bits per heavy atom. The molecule has 1 radical (unpaired) electrons. The Morgan fingerprint density at radius 3 is 2.25 bits per heavy atom. The van der Waals surface area contributed by atoms with Gasteiger partial charge >= 0.3 is 0 Å². The number of rotatable bonds is 2. The molecule has 28 heavy (non-hydrogen) atoms. The van der Waals surface area contributed by atoms with Gasteiger partial charge in [0.25, 0.3) is 0 Å². The topological polar surface area (TPSA) is 36.7 Å². The van der Waals surface area contributed by atoms with Crippen LogP contribution in [0.1, 0.15) is 67.9 Å². The van der Waals surface area contributed by atoms with Crippen molar-refractivity contribution in [2.75, 3.05) is 18.0 Å². The molecule has 1 atom stereocenters. The summed E-state index contributed by atoms with van der Waals surface area (Å²) in [6.07, 6.45) is 6.27. The molecule has 2 aromatic heterocycles. The van der Waals surface area contributed by atoms with Gasteiger partial charge in [-0.05, 0) is 53.5 Å². The molecule has 5 nitrogen and oxygen atoms in total. The van der Waals surface area contributed by atoms with E-state index in [1.165, 1.54) is 5.56 Å². The van der Waals surface area contributed by atoms with Crippen LogP contribution in [0.15, 0.2) is 12.4 Å². The van der Waals surface area contributed by atoms with Crippen molar-refractivity contribution in [2.45, 2.75) is 84.8 Å². The van der Waals surface area contributed by atoms with Gasteiger partial charge in [0.1, 0.15) is 0 Å². The van der Waals surface area contributed by atoms with E-state index in [2.05, 4.69) is 89.7 Å². The molecule has 153 valence electrons. The van der Waals surface area contributed by atoms with E-state index in [-0.39, 0.29) is 49.2 Å². The standard InChI is InChI=1S/C22H35N5.Y/c1-20(2,3)17-14-23-26-13-11-18(24-19(17)26)27(22(7,8)9)16-10-12-25(15-16)21(4,5)6;/h10,13-14,16H,12,15H2,1-9H3;/q-2;. The predicted octanol–water partition coefficient (Wildman–Crippen LogP) is 4.12. The Hall–Kier alpha value is -0.516. The van der Waals surface area contributed by atoms with Gasteiger partial charge in [-0.25, -0.2) is 0 Å². The second kappa shape index (κ2) is 7.96. The van der Waals surface area contributed by atoms with E-state index in [0.717, 1.165) is 24.6 Å². The molecule has 1 aliphatic heterocycles. The summed E-state index contributed by atoms with van der Waals surface area (Å²) in [5.74, 6) is 0.901. The van der Waals surface area contributed by atoms with Gasteiger partial charge in [-0.2, -0.15) is 5.10 Å². The smallest absolute Gasteiger partial charge is 0.154 e. The van der Waals surface area contributed by atoms with Crippen LogP contribution in [0.4, 0.5) is 5.82 Å². The van der Waals surface area contributed by atoms with Crippen molar-refractivity contribution in [2.24, 2.45) is 0 Å². The summed E-state index contributed by atoms with van der Waals surface area (Å²) in [5, 5.41) is 4.48. The molecule has 0 spiro atoms. The molecule has 1 saturated heterocycles. The van der Waals surface area contributed by atoms with Crippen molar-refractivity contribution < 1.29 is 32.7 Å². The van der Waals surface area contributed by atoms with Crippen LogP contribution < -0.4 is 4.90 Å². The maximum Gasteiger partial charge on any atom is 0.154 e. The Balaban J connectivity index is 0.00000280. The van der Waals surface area contributed by atoms with E-state index in [1.54, 1.807) is 0 Å². The van der Waals surface area contributed by atoms with E-state index >= 15 is 0 Å². The SMILES string of the molecule is CC(C)(C)c1cnn2c[c-]c(N(C3[CH-]CN(C(C)(C)C)C3)C(C)(C)C)nc12.[Y]. The molecule has 0 amide bonds. The molecule has 1 unspecified atom stereocenters. The third-order valence-corrected chi connectivity index (χ3v) is 5.34. The number of likely N-dealkylation sites (tertiary alicyclic amines) is 1. The molecule has 3 rings (SSSR count). The van der Waals surface area contributed by atoms with Crippen molar-refractivity contribution in [1.82, 2.24) is 19.5 Å². The van der Waals surface area contributed by atoms with Gasteiger partial charge in [-0.1, -0.05) is 32.6 Å². The first kappa shape index (κ1) is 23.8. The Kier molecular flexibility index (Phi) is 6.75. The molecular formula is C22H35N5Y-2. The zero-order valence-electron chi connectivity index (χ0n) is 19.0. The maximum atomic E-state index is 5.03. The molecule has 0 saturated carbocycles. The predicted molar refractivity (Wildman–Crippen MR) is 112 cm³/mol.